The largest absolute Gasteiger partial charge is 1.00 e. The van der Waals surface area contributed by atoms with Gasteiger partial charge >= 0.3 is 56.9 Å². The third kappa shape index (κ3) is 14.8. The van der Waals surface area contributed by atoms with Crippen molar-refractivity contribution in [2.45, 2.75) is 53.4 Å². The summed E-state index contributed by atoms with van der Waals surface area (Å²) < 4.78 is 6.68. The van der Waals surface area contributed by atoms with Gasteiger partial charge in [0, 0.05) is 0 Å². The molecule has 0 aliphatic rings. The Labute approximate surface area is 483 Å². The molecule has 0 fully saturated rings. The maximum absolute atomic E-state index is 3.34. The van der Waals surface area contributed by atoms with Gasteiger partial charge in [0.1, 0.15) is 0 Å². The van der Waals surface area contributed by atoms with Crippen molar-refractivity contribution in [3.63, 3.8) is 0 Å². The van der Waals surface area contributed by atoms with Gasteiger partial charge in [-0.25, -0.2) is 0 Å². The Morgan fingerprint density at radius 2 is 0.459 bits per heavy atom. The summed E-state index contributed by atoms with van der Waals surface area (Å²) in [6.45, 7) is 8.82. The first-order chi connectivity index (χ1) is 35.5. The number of fused-ring (bicyclic) bond motifs is 4. The summed E-state index contributed by atoms with van der Waals surface area (Å²) in [6, 6.07) is 87.0. The zero-order valence-electron chi connectivity index (χ0n) is 43.1. The number of hydrogen-bond donors (Lipinski definition) is 0. The molecule has 0 atom stereocenters. The first-order valence-electron chi connectivity index (χ1n) is 25.2. The Kier molecular flexibility index (Phi) is 24.5. The topological polar surface area (TPSA) is 0 Å². The molecule has 0 aliphatic heterocycles. The smallest absolute Gasteiger partial charge is 1.00 e. The molecule has 0 nitrogen and oxygen atoms in total. The van der Waals surface area contributed by atoms with Gasteiger partial charge in [-0.2, -0.15) is 24.3 Å². The minimum Gasteiger partial charge on any atom is -1.00 e. The summed E-state index contributed by atoms with van der Waals surface area (Å²) in [6.07, 6.45) is 4.40. The minimum atomic E-state index is 0. The molecule has 0 saturated carbocycles. The van der Waals surface area contributed by atoms with Crippen molar-refractivity contribution in [1.82, 2.24) is 0 Å². The van der Waals surface area contributed by atoms with E-state index in [4.69, 9.17) is 0 Å². The summed E-state index contributed by atoms with van der Waals surface area (Å²) in [4.78, 5) is 0. The Morgan fingerprint density at radius 3 is 0.635 bits per heavy atom. The van der Waals surface area contributed by atoms with Crippen LogP contribution in [0.2, 0.25) is 0 Å². The van der Waals surface area contributed by atoms with Gasteiger partial charge < -0.3 is 24.8 Å². The van der Waals surface area contributed by atoms with Crippen LogP contribution in [0.4, 0.5) is 0 Å². The number of rotatable bonds is 8. The average Bonchev–Trinajstić information content (AvgIpc) is 4.30. The molecule has 12 rings (SSSR count). The summed E-state index contributed by atoms with van der Waals surface area (Å²) >= 11 is 2.60. The van der Waals surface area contributed by atoms with E-state index in [1.54, 1.807) is 0 Å². The molecule has 12 aromatic rings. The molecule has 0 radical (unpaired) electrons. The minimum absolute atomic E-state index is 0. The molecule has 74 heavy (non-hydrogen) atoms. The van der Waals surface area contributed by atoms with Crippen molar-refractivity contribution < 1.29 is 73.3 Å². The molecule has 0 N–H and O–H groups in total. The van der Waals surface area contributed by atoms with Gasteiger partial charge in [-0.3, -0.25) is 0 Å². The van der Waals surface area contributed by atoms with Crippen molar-refractivity contribution in [3.05, 3.63) is 265 Å². The van der Waals surface area contributed by atoms with Gasteiger partial charge in [-0.15, -0.1) is 138 Å². The van der Waals surface area contributed by atoms with E-state index >= 15 is 0 Å². The third-order valence-electron chi connectivity index (χ3n) is 13.2. The van der Waals surface area contributed by atoms with Gasteiger partial charge in [-0.05, 0) is 47.9 Å². The standard InChI is InChI=1S/4C17H15.2CH2.2ClH.2Zr/c4*1-2-13-11-15-9-6-10-16(17(15)12-13)14-7-4-3-5-8-14;;;;;;/h4*3-12H,2H2,1H3;2*1H2;2*1H;;/q4*-1;;;;;2*+2/p-2. The van der Waals surface area contributed by atoms with Crippen LogP contribution in [0, 0.1) is 0 Å². The quantitative estimate of drug-likeness (QED) is 0.133. The van der Waals surface area contributed by atoms with Crippen LogP contribution in [0.15, 0.2) is 243 Å². The Bertz CT molecular complexity index is 3050. The van der Waals surface area contributed by atoms with Crippen LogP contribution in [0.5, 0.6) is 0 Å². The second kappa shape index (κ2) is 30.6. The normalized spacial score (nSPS) is 10.2. The fraction of sp³-hybridized carbons (Fsp3) is 0.114. The molecule has 0 amide bonds. The van der Waals surface area contributed by atoms with Gasteiger partial charge in [-0.1, -0.05) is 196 Å². The summed E-state index contributed by atoms with van der Waals surface area (Å²) in [7, 11) is 0. The molecule has 0 heterocycles. The Hall–Kier alpha value is -5.71. The molecule has 4 heteroatoms. The maximum atomic E-state index is 3.34. The van der Waals surface area contributed by atoms with Gasteiger partial charge in [0.2, 0.25) is 0 Å². The van der Waals surface area contributed by atoms with Crippen LogP contribution in [-0.2, 0) is 74.2 Å². The molecule has 0 saturated heterocycles. The SMILES string of the molecule is CCc1cc2c(-c3ccccc3)cccc2[cH-]1.CCc1cc2c(-c3ccccc3)cccc2[cH-]1.CCc1cc2c(-c3ccccc3)cccc2[cH-]1.CCc1cc2c(-c3ccccc3)cccc2[cH-]1.[CH2]=[Zr+2].[CH2]=[Zr+2].[Cl-].[Cl-]. The fourth-order valence-electron chi connectivity index (χ4n) is 9.48. The zero-order chi connectivity index (χ0) is 50.7. The van der Waals surface area contributed by atoms with Crippen LogP contribution in [0.1, 0.15) is 49.9 Å². The monoisotopic (exact) mass is 1150 g/mol. The van der Waals surface area contributed by atoms with Crippen molar-refractivity contribution >= 4 is 51.5 Å². The second-order valence-corrected chi connectivity index (χ2v) is 17.6. The molecule has 0 aromatic heterocycles. The zero-order valence-corrected chi connectivity index (χ0v) is 49.5. The van der Waals surface area contributed by atoms with E-state index < -0.39 is 0 Å². The van der Waals surface area contributed by atoms with Gasteiger partial charge in [0.05, 0.1) is 0 Å². The summed E-state index contributed by atoms with van der Waals surface area (Å²) in [5, 5.41) is 10.9. The number of aryl methyl sites for hydroxylation is 4. The van der Waals surface area contributed by atoms with Crippen molar-refractivity contribution in [1.29, 1.82) is 0 Å². The molecule has 0 bridgehead atoms. The predicted octanol–water partition coefficient (Wildman–Crippen LogP) is 13.1. The fourth-order valence-corrected chi connectivity index (χ4v) is 9.48. The van der Waals surface area contributed by atoms with Gasteiger partial charge in [0.15, 0.2) is 0 Å². The van der Waals surface area contributed by atoms with Crippen LogP contribution in [0.25, 0.3) is 87.6 Å². The average molecular weight is 1160 g/mol. The summed E-state index contributed by atoms with van der Waals surface area (Å²) in [5.74, 6) is 0. The molecule has 0 spiro atoms. The van der Waals surface area contributed by atoms with Crippen LogP contribution in [-0.4, -0.2) is 8.42 Å². The van der Waals surface area contributed by atoms with E-state index in [-0.39, 0.29) is 24.8 Å². The van der Waals surface area contributed by atoms with Crippen LogP contribution < -0.4 is 24.8 Å². The van der Waals surface area contributed by atoms with E-state index in [0.29, 0.717) is 0 Å². The van der Waals surface area contributed by atoms with E-state index in [0.717, 1.165) is 25.7 Å². The van der Waals surface area contributed by atoms with Crippen LogP contribution in [0.3, 0.4) is 0 Å². The number of benzene rings is 8. The molecular formula is C70H64Cl2Zr2-2. The Morgan fingerprint density at radius 1 is 0.270 bits per heavy atom. The number of halogens is 2. The molecule has 0 unspecified atom stereocenters. The van der Waals surface area contributed by atoms with Crippen LogP contribution >= 0.6 is 0 Å². The van der Waals surface area contributed by atoms with E-state index in [9.17, 15) is 0 Å². The number of hydrogen-bond acceptors (Lipinski definition) is 0. The van der Waals surface area contributed by atoms with E-state index in [1.807, 2.05) is 0 Å². The summed E-state index contributed by atoms with van der Waals surface area (Å²) in [5.41, 5.74) is 16.2. The van der Waals surface area contributed by atoms with Gasteiger partial charge in [0.25, 0.3) is 0 Å². The second-order valence-electron chi connectivity index (χ2n) is 17.6. The Balaban J connectivity index is 0.000000177. The van der Waals surface area contributed by atoms with E-state index in [2.05, 4.69) is 279 Å². The van der Waals surface area contributed by atoms with Crippen molar-refractivity contribution in [2.75, 3.05) is 0 Å². The molecule has 368 valence electrons. The maximum Gasteiger partial charge on any atom is -1.00 e. The molecule has 0 aliphatic carbocycles. The molecular weight excluding hydrogens is 1090 g/mol. The van der Waals surface area contributed by atoms with Crippen molar-refractivity contribution in [3.8, 4) is 44.5 Å². The first-order valence-corrected chi connectivity index (χ1v) is 28.7. The van der Waals surface area contributed by atoms with Crippen molar-refractivity contribution in [2.24, 2.45) is 0 Å². The first kappa shape index (κ1) is 59.2. The predicted molar refractivity (Wildman–Crippen MR) is 312 cm³/mol. The van der Waals surface area contributed by atoms with E-state index in [1.165, 1.54) is 158 Å². The third-order valence-corrected chi connectivity index (χ3v) is 13.2. The molecule has 12 aromatic carbocycles.